The fraction of sp³-hybridized carbons (Fsp3) is 0.149. The molecule has 0 bridgehead atoms. The zero-order valence-corrected chi connectivity index (χ0v) is 64.2. The molecule has 0 atom stereocenters. The van der Waals surface area contributed by atoms with Gasteiger partial charge in [-0.25, -0.2) is 35.1 Å². The van der Waals surface area contributed by atoms with Crippen molar-refractivity contribution in [2.75, 3.05) is 19.6 Å². The third-order valence-corrected chi connectivity index (χ3v) is 24.9. The minimum absolute atomic E-state index is 0.0888. The zero-order chi connectivity index (χ0) is 76.2. The Kier molecular flexibility index (Phi) is 18.4. The minimum Gasteiger partial charge on any atom is -0.307 e. The Morgan fingerprint density at radius 3 is 0.611 bits per heavy atom. The van der Waals surface area contributed by atoms with Crippen LogP contribution >= 0.6 is 0 Å². The average molecular weight is 1470 g/mol. The zero-order valence-electron chi connectivity index (χ0n) is 62.2. The van der Waals surface area contributed by atoms with Gasteiger partial charge in [0.25, 0.3) is 0 Å². The summed E-state index contributed by atoms with van der Waals surface area (Å²) >= 11 is 0. The van der Waals surface area contributed by atoms with E-state index in [0.29, 0.717) is 0 Å². The van der Waals surface area contributed by atoms with E-state index < -0.39 is 62.7 Å². The molecule has 16 aromatic rings. The molecule has 0 amide bonds. The van der Waals surface area contributed by atoms with Gasteiger partial charge in [0.05, 0.1) is 61.6 Å². The summed E-state index contributed by atoms with van der Waals surface area (Å²) in [6.45, 7) is 26.5. The normalized spacial score (nSPS) is 12.3. The fourth-order valence-electron chi connectivity index (χ4n) is 15.0. The molecule has 4 nitrogen and oxygen atoms in total. The second-order valence-corrected chi connectivity index (χ2v) is 42.3. The van der Waals surface area contributed by atoms with Gasteiger partial charge in [0, 0.05) is 68.6 Å². The highest BCUT2D eigenvalue weighted by atomic mass is 28.3. The van der Waals surface area contributed by atoms with Crippen molar-refractivity contribution < 1.29 is 35.1 Å². The Labute approximate surface area is 626 Å². The van der Waals surface area contributed by atoms with Gasteiger partial charge in [-0.05, 0) is 186 Å². The van der Waals surface area contributed by atoms with Crippen molar-refractivity contribution in [3.63, 3.8) is 0 Å². The molecule has 14 heteroatoms. The van der Waals surface area contributed by atoms with Crippen LogP contribution in [-0.2, 0) is 10.8 Å². The summed E-state index contributed by atoms with van der Waals surface area (Å²) in [7, 11) is -3.25. The molecule has 0 heterocycles. The van der Waals surface area contributed by atoms with Crippen LogP contribution in [-0.4, -0.2) is 16.1 Å². The summed E-state index contributed by atoms with van der Waals surface area (Å²) in [5.41, 5.74) is 8.81. The summed E-state index contributed by atoms with van der Waals surface area (Å²) in [5.74, 6) is -5.32. The molecule has 0 N–H and O–H groups in total. The summed E-state index contributed by atoms with van der Waals surface area (Å²) < 4.78 is 120. The Bertz CT molecular complexity index is 5350. The summed E-state index contributed by atoms with van der Waals surface area (Å²) in [6.07, 6.45) is 0. The van der Waals surface area contributed by atoms with Gasteiger partial charge in [-0.15, -0.1) is 0 Å². The van der Waals surface area contributed by atoms with Crippen LogP contribution in [0, 0.1) is 46.5 Å². The molecule has 16 rings (SSSR count). The highest BCUT2D eigenvalue weighted by Gasteiger charge is 2.30. The average Bonchev–Trinajstić information content (AvgIpc) is 0.725. The smallest absolute Gasteiger partial charge is 0.150 e. The molecule has 0 spiro atoms. The lowest BCUT2D eigenvalue weighted by Crippen LogP contribution is -2.37. The van der Waals surface area contributed by atoms with Crippen LogP contribution in [0.5, 0.6) is 0 Å². The highest BCUT2D eigenvalue weighted by molar-refractivity contribution is 6.89. The molecule has 16 aromatic carbocycles. The number of hydrogen-bond donors (Lipinski definition) is 0. The van der Waals surface area contributed by atoms with E-state index in [1.807, 2.05) is 165 Å². The molecule has 0 aliphatic carbocycles. The van der Waals surface area contributed by atoms with Crippen molar-refractivity contribution in [3.05, 3.63) is 325 Å². The molecule has 0 saturated heterocycles. The molecule has 0 aliphatic rings. The number of hydrogen-bond acceptors (Lipinski definition) is 4. The van der Waals surface area contributed by atoms with Gasteiger partial charge in [0.15, 0.2) is 0 Å². The van der Waals surface area contributed by atoms with E-state index in [2.05, 4.69) is 129 Å². The van der Waals surface area contributed by atoms with Crippen molar-refractivity contribution in [2.45, 2.75) is 91.7 Å². The molecular weight excluding hydrogens is 1390 g/mol. The van der Waals surface area contributed by atoms with Crippen molar-refractivity contribution in [2.24, 2.45) is 0 Å². The lowest BCUT2D eigenvalue weighted by atomic mass is 9.87. The Hall–Kier alpha value is -11.3. The van der Waals surface area contributed by atoms with Crippen LogP contribution < -0.4 is 30.0 Å². The van der Waals surface area contributed by atoms with Crippen molar-refractivity contribution in [1.29, 1.82) is 0 Å². The molecule has 0 aromatic heterocycles. The van der Waals surface area contributed by atoms with E-state index in [4.69, 9.17) is 0 Å². The Balaban J connectivity index is 0.000000172. The van der Waals surface area contributed by atoms with Gasteiger partial charge in [0.2, 0.25) is 0 Å². The summed E-state index contributed by atoms with van der Waals surface area (Å²) in [4.78, 5) is 7.39. The number of nitrogens with zero attached hydrogens (tertiary/aromatic N) is 4. The molecule has 0 unspecified atom stereocenters. The van der Waals surface area contributed by atoms with E-state index in [9.17, 15) is 17.6 Å². The predicted octanol–water partition coefficient (Wildman–Crippen LogP) is 27.8. The minimum atomic E-state index is -1.62. The van der Waals surface area contributed by atoms with Crippen molar-refractivity contribution in [1.82, 2.24) is 0 Å². The number of anilines is 12. The number of halogens is 8. The highest BCUT2D eigenvalue weighted by Crippen LogP contribution is 2.52. The monoisotopic (exact) mass is 1470 g/mol. The largest absolute Gasteiger partial charge is 0.307 e. The molecule has 0 aliphatic heterocycles. The van der Waals surface area contributed by atoms with Gasteiger partial charge in [-0.3, -0.25) is 0 Å². The SMILES string of the molecule is CC(C)(C)c1ccc(N(c2ccc(F)cc2F)c2ccc3ccc4c(N(c5ccc(C(C)(C)C)cc5)c5ccc(F)cc5F)ccc5ccc2c3c54)cc1.C[Si](C)(C)c1ccc(N(c2ccc(F)cc2F)c2ccc3ccc4c(N(c5ccc([Si](C)(C)C)cc5)c5ccc(F)cc5F)ccc5ccc2c3c54)cc1. The van der Waals surface area contributed by atoms with E-state index in [-0.39, 0.29) is 33.6 Å². The Morgan fingerprint density at radius 2 is 0.417 bits per heavy atom. The fourth-order valence-corrected chi connectivity index (χ4v) is 17.4. The third kappa shape index (κ3) is 13.4. The maximum absolute atomic E-state index is 15.8. The van der Waals surface area contributed by atoms with Crippen molar-refractivity contribution >= 4 is 159 Å². The molecular formula is C94H80F8N4Si2. The van der Waals surface area contributed by atoms with Crippen LogP contribution in [0.2, 0.25) is 39.3 Å². The van der Waals surface area contributed by atoms with Gasteiger partial charge in [-0.1, -0.05) is 213 Å². The van der Waals surface area contributed by atoms with Crippen LogP contribution in [0.4, 0.5) is 103 Å². The topological polar surface area (TPSA) is 13.0 Å². The van der Waals surface area contributed by atoms with E-state index in [0.717, 1.165) is 146 Å². The number of rotatable bonds is 14. The van der Waals surface area contributed by atoms with Crippen LogP contribution in [0.3, 0.4) is 0 Å². The first kappa shape index (κ1) is 72.2. The van der Waals surface area contributed by atoms with E-state index >= 15 is 17.6 Å². The van der Waals surface area contributed by atoms with E-state index in [1.54, 1.807) is 0 Å². The van der Waals surface area contributed by atoms with Crippen LogP contribution in [0.1, 0.15) is 52.7 Å². The molecule has 0 radical (unpaired) electrons. The first-order chi connectivity index (χ1) is 51.4. The Morgan fingerprint density at radius 1 is 0.222 bits per heavy atom. The molecule has 0 saturated carbocycles. The van der Waals surface area contributed by atoms with Gasteiger partial charge < -0.3 is 19.6 Å². The van der Waals surface area contributed by atoms with Gasteiger partial charge in [0.1, 0.15) is 46.5 Å². The first-order valence-electron chi connectivity index (χ1n) is 36.2. The van der Waals surface area contributed by atoms with Gasteiger partial charge >= 0.3 is 0 Å². The molecule has 540 valence electrons. The van der Waals surface area contributed by atoms with E-state index in [1.165, 1.54) is 58.9 Å². The maximum atomic E-state index is 15.8. The second kappa shape index (κ2) is 27.5. The summed E-state index contributed by atoms with van der Waals surface area (Å²) in [6, 6.07) is 79.6. The first-order valence-corrected chi connectivity index (χ1v) is 43.2. The molecule has 108 heavy (non-hydrogen) atoms. The standard InChI is InChI=1S/C48H40F4N2.C46H40F4N2Si2/c1-47(2,3)31-11-17-35(18-12-31)53(43-25-15-33(49)27-39(43)51)41-23-9-29-8-22-38-42(24-10-30-7-21-37(41)45(29)46(30)38)54(44-26-16-34(50)28-40(44)52)36-19-13-32(14-20-36)48(4,5)6;1-53(2,3)35-17-13-33(14-18-35)51(43-25-11-31(47)27-39(43)49)41-23-9-29-8-22-38-42(24-10-30-7-21-37(41)45(29)46(30)38)52(44-26-12-32(48)28-40(44)50)34-15-19-36(20-16-34)54(4,5)6/h2*7-28H,1-6H3. The quantitative estimate of drug-likeness (QED) is 0.0611. The lowest BCUT2D eigenvalue weighted by Gasteiger charge is -2.30. The van der Waals surface area contributed by atoms with Crippen LogP contribution in [0.25, 0.3) is 64.6 Å². The van der Waals surface area contributed by atoms with Crippen molar-refractivity contribution in [3.8, 4) is 0 Å². The molecule has 0 fully saturated rings. The summed E-state index contributed by atoms with van der Waals surface area (Å²) in [5, 5.41) is 13.7. The maximum Gasteiger partial charge on any atom is 0.150 e. The predicted molar refractivity (Wildman–Crippen MR) is 442 cm³/mol. The van der Waals surface area contributed by atoms with Crippen LogP contribution in [0.15, 0.2) is 267 Å². The second-order valence-electron chi connectivity index (χ2n) is 32.1. The van der Waals surface area contributed by atoms with Gasteiger partial charge in [-0.2, -0.15) is 0 Å². The third-order valence-electron chi connectivity index (χ3n) is 20.8. The number of benzene rings is 16. The lowest BCUT2D eigenvalue weighted by molar-refractivity contribution is 0.583.